The van der Waals surface area contributed by atoms with Gasteiger partial charge in [-0.15, -0.1) is 0 Å². The summed E-state index contributed by atoms with van der Waals surface area (Å²) in [5.41, 5.74) is 1.30. The van der Waals surface area contributed by atoms with E-state index in [0.717, 1.165) is 31.6 Å². The van der Waals surface area contributed by atoms with Crippen molar-refractivity contribution in [1.82, 2.24) is 9.21 Å². The highest BCUT2D eigenvalue weighted by atomic mass is 32.2. The van der Waals surface area contributed by atoms with Crippen LogP contribution in [0.15, 0.2) is 24.3 Å². The number of methoxy groups -OCH3 is 1. The van der Waals surface area contributed by atoms with Crippen LogP contribution in [0.1, 0.15) is 44.1 Å². The van der Waals surface area contributed by atoms with Crippen molar-refractivity contribution >= 4 is 16.5 Å². The number of hydrogen-bond donors (Lipinski definition) is 1. The lowest BCUT2D eigenvalue weighted by Crippen LogP contribution is -2.64. The minimum atomic E-state index is -3.11. The molecule has 1 aromatic carbocycles. The van der Waals surface area contributed by atoms with Crippen LogP contribution in [0.5, 0.6) is 5.75 Å². The van der Waals surface area contributed by atoms with Gasteiger partial charge in [0.05, 0.1) is 12.9 Å². The number of piperidine rings is 3. The molecule has 5 rings (SSSR count). The molecule has 32 heavy (non-hydrogen) atoms. The second kappa shape index (κ2) is 10.1. The van der Waals surface area contributed by atoms with Gasteiger partial charge in [0.1, 0.15) is 5.75 Å². The van der Waals surface area contributed by atoms with Gasteiger partial charge in [-0.1, -0.05) is 18.6 Å². The standard InChI is InChI=1S/C23H34N2O3S.CH2O2/c1-28-21-6-4-5-18(11-21)12-23-20-13-19(22-7-2-3-10-25(22)23)14-24(15-20)29(26,27)16-17-8-9-17;2-1-3/h4-6,11,17,19-20,22-23H,2-3,7-10,12-16H2,1H3;1H,(H,2,3)/t19-,20+,22+,23+;/m1./s1. The molecule has 4 aliphatic rings. The third-order valence-electron chi connectivity index (χ3n) is 7.70. The van der Waals surface area contributed by atoms with Gasteiger partial charge in [-0.25, -0.2) is 12.7 Å². The largest absolute Gasteiger partial charge is 0.497 e. The number of carbonyl (C=O) groups is 1. The van der Waals surface area contributed by atoms with Crippen LogP contribution in [-0.4, -0.2) is 73.8 Å². The molecule has 1 aliphatic carbocycles. The Labute approximate surface area is 191 Å². The van der Waals surface area contributed by atoms with Gasteiger partial charge in [0, 0.05) is 25.2 Å². The van der Waals surface area contributed by atoms with Gasteiger partial charge in [-0.3, -0.25) is 9.69 Å². The molecule has 178 valence electrons. The Bertz CT molecular complexity index is 888. The summed E-state index contributed by atoms with van der Waals surface area (Å²) in [6.45, 7) is 2.38. The van der Waals surface area contributed by atoms with E-state index in [-0.39, 0.29) is 6.47 Å². The zero-order chi connectivity index (χ0) is 22.7. The number of hydrogen-bond acceptors (Lipinski definition) is 5. The van der Waals surface area contributed by atoms with E-state index < -0.39 is 10.0 Å². The fourth-order valence-electron chi connectivity index (χ4n) is 6.10. The molecule has 3 saturated heterocycles. The van der Waals surface area contributed by atoms with Crippen LogP contribution >= 0.6 is 0 Å². The molecule has 3 aliphatic heterocycles. The van der Waals surface area contributed by atoms with Crippen LogP contribution in [-0.2, 0) is 21.2 Å². The molecule has 4 atom stereocenters. The van der Waals surface area contributed by atoms with Crippen molar-refractivity contribution in [2.24, 2.45) is 17.8 Å². The Balaban J connectivity index is 0.000000775. The van der Waals surface area contributed by atoms with Crippen LogP contribution in [0.3, 0.4) is 0 Å². The lowest BCUT2D eigenvalue weighted by Gasteiger charge is -2.56. The first-order valence-electron chi connectivity index (χ1n) is 11.9. The van der Waals surface area contributed by atoms with Crippen LogP contribution in [0.2, 0.25) is 0 Å². The van der Waals surface area contributed by atoms with Gasteiger partial charge in [0.15, 0.2) is 0 Å². The number of ether oxygens (including phenoxy) is 1. The first-order valence-corrected chi connectivity index (χ1v) is 13.5. The van der Waals surface area contributed by atoms with E-state index >= 15 is 0 Å². The second-order valence-corrected chi connectivity index (χ2v) is 11.8. The monoisotopic (exact) mass is 464 g/mol. The number of nitrogens with zero attached hydrogens (tertiary/aromatic N) is 2. The van der Waals surface area contributed by atoms with Gasteiger partial charge in [-0.05, 0) is 80.5 Å². The maximum Gasteiger partial charge on any atom is 0.290 e. The molecule has 1 saturated carbocycles. The molecular formula is C24H36N2O5S. The average Bonchev–Trinajstić information content (AvgIpc) is 3.60. The molecular weight excluding hydrogens is 428 g/mol. The predicted molar refractivity (Wildman–Crippen MR) is 123 cm³/mol. The maximum absolute atomic E-state index is 13.1. The molecule has 0 unspecified atom stereocenters. The van der Waals surface area contributed by atoms with Gasteiger partial charge >= 0.3 is 0 Å². The van der Waals surface area contributed by atoms with Crippen molar-refractivity contribution in [3.8, 4) is 5.75 Å². The number of carboxylic acid groups (broad SMARTS) is 1. The van der Waals surface area contributed by atoms with Gasteiger partial charge in [-0.2, -0.15) is 0 Å². The van der Waals surface area contributed by atoms with Crippen molar-refractivity contribution in [3.63, 3.8) is 0 Å². The predicted octanol–water partition coefficient (Wildman–Crippen LogP) is 2.85. The smallest absolute Gasteiger partial charge is 0.290 e. The Kier molecular flexibility index (Phi) is 7.42. The Hall–Kier alpha value is -1.64. The molecule has 8 heteroatoms. The van der Waals surface area contributed by atoms with Crippen LogP contribution in [0, 0.1) is 17.8 Å². The van der Waals surface area contributed by atoms with Gasteiger partial charge < -0.3 is 9.84 Å². The molecule has 0 aromatic heterocycles. The summed E-state index contributed by atoms with van der Waals surface area (Å²) in [6.07, 6.45) is 8.14. The fourth-order valence-corrected chi connectivity index (χ4v) is 8.08. The molecule has 1 N–H and O–H groups in total. The average molecular weight is 465 g/mol. The normalized spacial score (nSPS) is 30.5. The fraction of sp³-hybridized carbons (Fsp3) is 0.708. The number of sulfonamides is 1. The molecule has 0 spiro atoms. The van der Waals surface area contributed by atoms with Crippen LogP contribution < -0.4 is 4.74 Å². The zero-order valence-corrected chi connectivity index (χ0v) is 19.8. The second-order valence-electron chi connectivity index (χ2n) is 9.82. The van der Waals surface area contributed by atoms with E-state index in [1.807, 2.05) is 10.4 Å². The number of fused-ring (bicyclic) bond motifs is 4. The van der Waals surface area contributed by atoms with Crippen LogP contribution in [0.4, 0.5) is 0 Å². The molecule has 7 nitrogen and oxygen atoms in total. The zero-order valence-electron chi connectivity index (χ0n) is 18.9. The van der Waals surface area contributed by atoms with E-state index in [9.17, 15) is 8.42 Å². The number of rotatable bonds is 6. The molecule has 0 radical (unpaired) electrons. The molecule has 4 fully saturated rings. The van der Waals surface area contributed by atoms with E-state index in [1.165, 1.54) is 37.8 Å². The third kappa shape index (κ3) is 5.29. The lowest BCUT2D eigenvalue weighted by molar-refractivity contribution is -0.122. The number of benzene rings is 1. The van der Waals surface area contributed by atoms with Crippen molar-refractivity contribution in [3.05, 3.63) is 29.8 Å². The summed E-state index contributed by atoms with van der Waals surface area (Å²) in [5.74, 6) is 2.64. The van der Waals surface area contributed by atoms with Crippen molar-refractivity contribution < 1.29 is 23.1 Å². The summed E-state index contributed by atoms with van der Waals surface area (Å²) in [6, 6.07) is 9.39. The Morgan fingerprint density at radius 3 is 2.62 bits per heavy atom. The van der Waals surface area contributed by atoms with Crippen molar-refractivity contribution in [2.45, 2.75) is 57.0 Å². The molecule has 1 aromatic rings. The summed E-state index contributed by atoms with van der Waals surface area (Å²) in [5, 5.41) is 6.89. The highest BCUT2D eigenvalue weighted by molar-refractivity contribution is 7.89. The molecule has 3 heterocycles. The molecule has 0 amide bonds. The summed E-state index contributed by atoms with van der Waals surface area (Å²) in [4.78, 5) is 11.1. The first-order chi connectivity index (χ1) is 15.4. The summed E-state index contributed by atoms with van der Waals surface area (Å²) in [7, 11) is -1.40. The third-order valence-corrected chi connectivity index (χ3v) is 9.68. The SMILES string of the molecule is COc1cccc(C[C@H]2[C@H]3C[C@H](CN(S(=O)(=O)CC4CC4)C3)[C@@H]3CCCCN32)c1.O=CO. The quantitative estimate of drug-likeness (QED) is 0.652. The minimum absolute atomic E-state index is 0.250. The first kappa shape index (κ1) is 23.5. The van der Waals surface area contributed by atoms with E-state index in [0.29, 0.717) is 42.1 Å². The van der Waals surface area contributed by atoms with Crippen molar-refractivity contribution in [2.75, 3.05) is 32.5 Å². The van der Waals surface area contributed by atoms with E-state index in [4.69, 9.17) is 14.6 Å². The Morgan fingerprint density at radius 1 is 1.16 bits per heavy atom. The van der Waals surface area contributed by atoms with Gasteiger partial charge in [0.25, 0.3) is 6.47 Å². The highest BCUT2D eigenvalue weighted by Gasteiger charge is 2.49. The topological polar surface area (TPSA) is 87.2 Å². The van der Waals surface area contributed by atoms with E-state index in [2.05, 4.69) is 23.1 Å². The van der Waals surface area contributed by atoms with Crippen molar-refractivity contribution in [1.29, 1.82) is 0 Å². The highest BCUT2D eigenvalue weighted by Crippen LogP contribution is 2.43. The Morgan fingerprint density at radius 2 is 1.91 bits per heavy atom. The van der Waals surface area contributed by atoms with Crippen LogP contribution in [0.25, 0.3) is 0 Å². The molecule has 2 bridgehead atoms. The lowest BCUT2D eigenvalue weighted by atomic mass is 9.71. The summed E-state index contributed by atoms with van der Waals surface area (Å²) < 4.78 is 33.5. The minimum Gasteiger partial charge on any atom is -0.497 e. The summed E-state index contributed by atoms with van der Waals surface area (Å²) >= 11 is 0. The van der Waals surface area contributed by atoms with E-state index in [1.54, 1.807) is 7.11 Å². The maximum atomic E-state index is 13.1. The van der Waals surface area contributed by atoms with Gasteiger partial charge in [0.2, 0.25) is 10.0 Å².